The van der Waals surface area contributed by atoms with Crippen LogP contribution in [0, 0.1) is 23.7 Å². The van der Waals surface area contributed by atoms with Crippen LogP contribution in [-0.2, 0) is 0 Å². The van der Waals surface area contributed by atoms with Gasteiger partial charge in [-0.2, -0.15) is 0 Å². The molecule has 0 bridgehead atoms. The molecule has 8 rings (SSSR count). The molecule has 240 valence electrons. The summed E-state index contributed by atoms with van der Waals surface area (Å²) in [7, 11) is 0. The maximum absolute atomic E-state index is 13.7. The molecular formula is C44H24N2O5. The molecule has 7 heteroatoms. The largest absolute Gasteiger partial charge is 0.457 e. The van der Waals surface area contributed by atoms with Gasteiger partial charge in [0.15, 0.2) is 0 Å². The monoisotopic (exact) mass is 660 g/mol. The molecule has 0 aliphatic carbocycles. The van der Waals surface area contributed by atoms with Crippen LogP contribution < -0.4 is 14.5 Å². The molecule has 0 fully saturated rings. The molecule has 0 spiro atoms. The van der Waals surface area contributed by atoms with Crippen LogP contribution in [0.5, 0.6) is 11.5 Å². The van der Waals surface area contributed by atoms with Crippen LogP contribution >= 0.6 is 0 Å². The second kappa shape index (κ2) is 12.9. The van der Waals surface area contributed by atoms with Crippen LogP contribution in [-0.4, -0.2) is 23.6 Å². The van der Waals surface area contributed by atoms with Crippen LogP contribution in [0.1, 0.15) is 63.7 Å². The first kappa shape index (κ1) is 30.8. The predicted octanol–water partition coefficient (Wildman–Crippen LogP) is 7.88. The summed E-state index contributed by atoms with van der Waals surface area (Å²) >= 11 is 0. The number of carbonyl (C=O) groups is 4. The summed E-state index contributed by atoms with van der Waals surface area (Å²) in [6.45, 7) is 0. The fraction of sp³-hybridized carbons (Fsp3) is 0. The van der Waals surface area contributed by atoms with Crippen molar-refractivity contribution >= 4 is 35.0 Å². The molecule has 2 heterocycles. The molecule has 0 N–H and O–H groups in total. The minimum Gasteiger partial charge on any atom is -0.457 e. The van der Waals surface area contributed by atoms with Crippen molar-refractivity contribution < 1.29 is 23.9 Å². The molecule has 4 amide bonds. The van der Waals surface area contributed by atoms with Crippen molar-refractivity contribution in [2.75, 3.05) is 9.80 Å². The molecule has 0 radical (unpaired) electrons. The van der Waals surface area contributed by atoms with Gasteiger partial charge in [-0.15, -0.1) is 0 Å². The van der Waals surface area contributed by atoms with Crippen LogP contribution in [0.25, 0.3) is 0 Å². The summed E-state index contributed by atoms with van der Waals surface area (Å²) in [5.74, 6) is 11.2. The third kappa shape index (κ3) is 5.72. The first-order valence-electron chi connectivity index (χ1n) is 16.0. The highest BCUT2D eigenvalue weighted by Crippen LogP contribution is 2.35. The summed E-state index contributed by atoms with van der Waals surface area (Å²) < 4.78 is 6.09. The minimum atomic E-state index is -0.468. The fourth-order valence-electron chi connectivity index (χ4n) is 6.06. The summed E-state index contributed by atoms with van der Waals surface area (Å²) in [6, 6.07) is 42.2. The van der Waals surface area contributed by atoms with E-state index in [4.69, 9.17) is 4.74 Å². The Morgan fingerprint density at radius 2 is 0.882 bits per heavy atom. The van der Waals surface area contributed by atoms with Crippen molar-refractivity contribution in [2.24, 2.45) is 0 Å². The van der Waals surface area contributed by atoms with Crippen LogP contribution in [0.4, 0.5) is 11.4 Å². The molecule has 0 atom stereocenters. The second-order valence-corrected chi connectivity index (χ2v) is 11.7. The second-order valence-electron chi connectivity index (χ2n) is 11.7. The van der Waals surface area contributed by atoms with Gasteiger partial charge in [0, 0.05) is 28.3 Å². The number of fused-ring (bicyclic) bond motifs is 2. The van der Waals surface area contributed by atoms with Crippen molar-refractivity contribution in [1.29, 1.82) is 0 Å². The van der Waals surface area contributed by atoms with Gasteiger partial charge in [-0.05, 0) is 84.9 Å². The Balaban J connectivity index is 1.01. The SMILES string of the molecule is O=C1c2cccc(C#Cc3ccccc3)c2C(=O)N1c1ccc(Oc2cccc(N3C(=O)c4cccc(C#Cc5ccccc5)c4C3=O)c2)cc1. The highest BCUT2D eigenvalue weighted by atomic mass is 16.5. The van der Waals surface area contributed by atoms with Crippen molar-refractivity contribution in [1.82, 2.24) is 0 Å². The van der Waals surface area contributed by atoms with Gasteiger partial charge >= 0.3 is 0 Å². The van der Waals surface area contributed by atoms with E-state index in [-0.39, 0.29) is 16.7 Å². The Hall–Kier alpha value is -7.48. The predicted molar refractivity (Wildman–Crippen MR) is 193 cm³/mol. The van der Waals surface area contributed by atoms with Gasteiger partial charge in [-0.1, -0.05) is 78.3 Å². The number of anilines is 2. The normalized spacial score (nSPS) is 12.9. The van der Waals surface area contributed by atoms with Crippen molar-refractivity contribution in [3.63, 3.8) is 0 Å². The lowest BCUT2D eigenvalue weighted by atomic mass is 10.0. The zero-order valence-electron chi connectivity index (χ0n) is 26.8. The van der Waals surface area contributed by atoms with Crippen molar-refractivity contribution in [3.05, 3.63) is 190 Å². The lowest BCUT2D eigenvalue weighted by molar-refractivity contribution is 0.0910. The Kier molecular flexibility index (Phi) is 7.77. The first-order chi connectivity index (χ1) is 25.0. The maximum Gasteiger partial charge on any atom is 0.267 e. The highest BCUT2D eigenvalue weighted by molar-refractivity contribution is 6.36. The smallest absolute Gasteiger partial charge is 0.267 e. The molecule has 0 saturated heterocycles. The molecular weight excluding hydrogens is 636 g/mol. The fourth-order valence-corrected chi connectivity index (χ4v) is 6.06. The number of imide groups is 2. The number of amides is 4. The Morgan fingerprint density at radius 1 is 0.392 bits per heavy atom. The topological polar surface area (TPSA) is 84.0 Å². The third-order valence-corrected chi connectivity index (χ3v) is 8.47. The van der Waals surface area contributed by atoms with Gasteiger partial charge < -0.3 is 4.74 Å². The van der Waals surface area contributed by atoms with Crippen LogP contribution in [0.15, 0.2) is 146 Å². The van der Waals surface area contributed by atoms with Crippen molar-refractivity contribution in [2.45, 2.75) is 0 Å². The summed E-state index contributed by atoms with van der Waals surface area (Å²) in [4.78, 5) is 56.3. The number of nitrogens with zero attached hydrogens (tertiary/aromatic N) is 2. The minimum absolute atomic E-state index is 0.261. The van der Waals surface area contributed by atoms with Crippen LogP contribution in [0.3, 0.4) is 0 Å². The van der Waals surface area contributed by atoms with E-state index in [2.05, 4.69) is 23.7 Å². The van der Waals surface area contributed by atoms with Crippen molar-refractivity contribution in [3.8, 4) is 35.2 Å². The number of carbonyl (C=O) groups excluding carboxylic acids is 4. The van der Waals surface area contributed by atoms with E-state index in [9.17, 15) is 19.2 Å². The quantitative estimate of drug-likeness (QED) is 0.142. The molecule has 0 aromatic heterocycles. The molecule has 2 aliphatic rings. The molecule has 7 nitrogen and oxygen atoms in total. The molecule has 0 saturated carbocycles. The van der Waals surface area contributed by atoms with Gasteiger partial charge in [0.05, 0.1) is 33.6 Å². The van der Waals surface area contributed by atoms with E-state index in [0.29, 0.717) is 39.6 Å². The van der Waals surface area contributed by atoms with E-state index < -0.39 is 23.6 Å². The van der Waals surface area contributed by atoms with E-state index in [1.54, 1.807) is 84.9 Å². The number of hydrogen-bond acceptors (Lipinski definition) is 5. The number of hydrogen-bond donors (Lipinski definition) is 0. The molecule has 6 aromatic rings. The van der Waals surface area contributed by atoms with Crippen LogP contribution in [0.2, 0.25) is 0 Å². The number of benzene rings is 6. The standard InChI is InChI=1S/C44H24N2O5/c47-41-37-18-7-14-31(22-20-29-10-3-1-4-11-29)39(37)43(49)45(41)33-24-26-35(27-25-33)51-36-17-9-16-34(28-36)46-42(48)38-19-8-15-32(40(38)44(46)50)23-21-30-12-5-2-6-13-30/h1-19,24-28H. The summed E-state index contributed by atoms with van der Waals surface area (Å²) in [5, 5.41) is 0. The zero-order chi connectivity index (χ0) is 34.9. The molecule has 51 heavy (non-hydrogen) atoms. The summed E-state index contributed by atoms with van der Waals surface area (Å²) in [6.07, 6.45) is 0. The summed E-state index contributed by atoms with van der Waals surface area (Å²) in [5.41, 5.74) is 4.37. The van der Waals surface area contributed by atoms with E-state index in [1.165, 1.54) is 0 Å². The van der Waals surface area contributed by atoms with E-state index in [1.807, 2.05) is 60.7 Å². The van der Waals surface area contributed by atoms with Gasteiger partial charge in [0.2, 0.25) is 0 Å². The van der Waals surface area contributed by atoms with Gasteiger partial charge in [-0.3, -0.25) is 19.2 Å². The highest BCUT2D eigenvalue weighted by Gasteiger charge is 2.39. The van der Waals surface area contributed by atoms with Gasteiger partial charge in [0.25, 0.3) is 23.6 Å². The van der Waals surface area contributed by atoms with E-state index in [0.717, 1.165) is 20.9 Å². The molecule has 2 aliphatic heterocycles. The third-order valence-electron chi connectivity index (χ3n) is 8.47. The lowest BCUT2D eigenvalue weighted by Crippen LogP contribution is -2.29. The Bertz CT molecular complexity index is 2540. The number of rotatable bonds is 4. The van der Waals surface area contributed by atoms with Gasteiger partial charge in [-0.25, -0.2) is 9.80 Å². The average Bonchev–Trinajstić information content (AvgIpc) is 3.58. The first-order valence-corrected chi connectivity index (χ1v) is 16.0. The molecule has 0 unspecified atom stereocenters. The Labute approximate surface area is 293 Å². The average molecular weight is 661 g/mol. The van der Waals surface area contributed by atoms with E-state index >= 15 is 0 Å². The molecule has 6 aromatic carbocycles. The maximum atomic E-state index is 13.7. The Morgan fingerprint density at radius 3 is 1.41 bits per heavy atom. The lowest BCUT2D eigenvalue weighted by Gasteiger charge is -2.16. The van der Waals surface area contributed by atoms with Gasteiger partial charge in [0.1, 0.15) is 11.5 Å². The zero-order valence-corrected chi connectivity index (χ0v) is 26.8. The number of ether oxygens (including phenoxy) is 1.